The highest BCUT2D eigenvalue weighted by molar-refractivity contribution is 6.55. The van der Waals surface area contributed by atoms with E-state index in [1.807, 2.05) is 0 Å². The highest BCUT2D eigenvalue weighted by Crippen LogP contribution is 2.45. The van der Waals surface area contributed by atoms with Crippen LogP contribution in [0.5, 0.6) is 5.75 Å². The molecular formula is C34H40O5. The molecule has 0 amide bonds. The summed E-state index contributed by atoms with van der Waals surface area (Å²) in [5.41, 5.74) is 4.31. The molecule has 0 heterocycles. The summed E-state index contributed by atoms with van der Waals surface area (Å²) in [5.74, 6) is -1.07. The lowest BCUT2D eigenvalue weighted by Crippen LogP contribution is -2.35. The summed E-state index contributed by atoms with van der Waals surface area (Å²) < 4.78 is 5.66. The summed E-state index contributed by atoms with van der Waals surface area (Å²) >= 11 is 0. The van der Waals surface area contributed by atoms with E-state index in [9.17, 15) is 19.2 Å². The Morgan fingerprint density at radius 1 is 0.974 bits per heavy atom. The van der Waals surface area contributed by atoms with Crippen molar-refractivity contribution in [2.75, 3.05) is 7.11 Å². The second-order valence-electron chi connectivity index (χ2n) is 12.0. The van der Waals surface area contributed by atoms with Gasteiger partial charge in [0.1, 0.15) is 11.5 Å². The quantitative estimate of drug-likeness (QED) is 0.271. The fourth-order valence-corrected chi connectivity index (χ4v) is 6.30. The summed E-state index contributed by atoms with van der Waals surface area (Å²) in [6.45, 7) is 11.3. The topological polar surface area (TPSA) is 77.5 Å². The molecule has 1 fully saturated rings. The third-order valence-corrected chi connectivity index (χ3v) is 8.77. The van der Waals surface area contributed by atoms with Crippen LogP contribution in [0.1, 0.15) is 86.0 Å². The Balaban J connectivity index is 1.64. The lowest BCUT2D eigenvalue weighted by atomic mass is 9.66. The third-order valence-electron chi connectivity index (χ3n) is 8.77. The van der Waals surface area contributed by atoms with Gasteiger partial charge in [-0.2, -0.15) is 0 Å². The van der Waals surface area contributed by atoms with Crippen LogP contribution in [0.3, 0.4) is 0 Å². The number of ketones is 4. The third kappa shape index (κ3) is 5.68. The van der Waals surface area contributed by atoms with Gasteiger partial charge in [0.15, 0.2) is 5.78 Å². The Morgan fingerprint density at radius 3 is 2.23 bits per heavy atom. The molecule has 0 aliphatic heterocycles. The van der Waals surface area contributed by atoms with Crippen molar-refractivity contribution in [1.29, 1.82) is 0 Å². The molecule has 2 aromatic carbocycles. The minimum absolute atomic E-state index is 0.00366. The molecule has 39 heavy (non-hydrogen) atoms. The van der Waals surface area contributed by atoms with Crippen molar-refractivity contribution in [3.8, 4) is 5.75 Å². The van der Waals surface area contributed by atoms with Gasteiger partial charge in [0.2, 0.25) is 11.6 Å². The number of ether oxygens (including phenoxy) is 1. The van der Waals surface area contributed by atoms with Gasteiger partial charge < -0.3 is 4.74 Å². The van der Waals surface area contributed by atoms with E-state index in [0.717, 1.165) is 19.3 Å². The standard InChI is InChI=1S/C34H40O5/c1-18(2)32(36)34(38)29-15-26(22(6)35)28-17-31(39-7)30(16-27(28)29)33(37)25-13-20(4)24(12-21(25)5)14-23-10-8-19(3)9-11-23/h8-11,15-18,20-21,24-26H,12-14H2,1-7H3/t20?,21-,24?,25?,26?/m1/s1. The van der Waals surface area contributed by atoms with Crippen molar-refractivity contribution >= 4 is 28.7 Å². The highest BCUT2D eigenvalue weighted by Gasteiger charge is 2.40. The fraction of sp³-hybridized carbons (Fsp3) is 0.471. The van der Waals surface area contributed by atoms with E-state index in [4.69, 9.17) is 4.74 Å². The predicted octanol–water partition coefficient (Wildman–Crippen LogP) is 6.59. The molecule has 5 atom stereocenters. The molecule has 5 heteroatoms. The van der Waals surface area contributed by atoms with Crippen LogP contribution in [0, 0.1) is 36.5 Å². The first kappa shape index (κ1) is 28.7. The Kier molecular flexibility index (Phi) is 8.39. The molecule has 4 rings (SSSR count). The van der Waals surface area contributed by atoms with Crippen LogP contribution in [-0.2, 0) is 20.8 Å². The van der Waals surface area contributed by atoms with Crippen molar-refractivity contribution < 1.29 is 23.9 Å². The van der Waals surface area contributed by atoms with Crippen LogP contribution in [0.2, 0.25) is 0 Å². The number of Topliss-reactive ketones (excluding diaryl/α,β-unsaturated/α-hetero) is 4. The summed E-state index contributed by atoms with van der Waals surface area (Å²) in [5, 5.41) is 0. The Hall–Kier alpha value is -3.34. The molecule has 0 N–H and O–H groups in total. The van der Waals surface area contributed by atoms with Gasteiger partial charge in [0.05, 0.1) is 18.6 Å². The fourth-order valence-electron chi connectivity index (χ4n) is 6.30. The molecule has 1 saturated carbocycles. The lowest BCUT2D eigenvalue weighted by Gasteiger charge is -2.38. The smallest absolute Gasteiger partial charge is 0.229 e. The Morgan fingerprint density at radius 2 is 1.64 bits per heavy atom. The average Bonchev–Trinajstić information content (AvgIpc) is 3.28. The van der Waals surface area contributed by atoms with E-state index in [2.05, 4.69) is 45.0 Å². The van der Waals surface area contributed by atoms with Crippen molar-refractivity contribution in [2.45, 2.75) is 66.7 Å². The van der Waals surface area contributed by atoms with Crippen LogP contribution < -0.4 is 4.74 Å². The zero-order chi connectivity index (χ0) is 28.6. The number of hydrogen-bond donors (Lipinski definition) is 0. The van der Waals surface area contributed by atoms with E-state index in [1.165, 1.54) is 25.2 Å². The van der Waals surface area contributed by atoms with Crippen LogP contribution in [0.25, 0.3) is 5.57 Å². The summed E-state index contributed by atoms with van der Waals surface area (Å²) in [6.07, 6.45) is 4.31. The molecule has 0 radical (unpaired) electrons. The molecule has 4 unspecified atom stereocenters. The monoisotopic (exact) mass is 528 g/mol. The minimum Gasteiger partial charge on any atom is -0.496 e. The first-order chi connectivity index (χ1) is 18.4. The number of carbonyl (C=O) groups is 4. The van der Waals surface area contributed by atoms with Crippen LogP contribution in [-0.4, -0.2) is 30.2 Å². The van der Waals surface area contributed by atoms with Gasteiger partial charge in [0, 0.05) is 17.4 Å². The molecular weight excluding hydrogens is 488 g/mol. The molecule has 0 aromatic heterocycles. The van der Waals surface area contributed by atoms with Gasteiger partial charge in [-0.3, -0.25) is 19.2 Å². The number of rotatable bonds is 9. The molecule has 2 aromatic rings. The van der Waals surface area contributed by atoms with Crippen LogP contribution >= 0.6 is 0 Å². The maximum atomic E-state index is 14.1. The van der Waals surface area contributed by atoms with E-state index in [1.54, 1.807) is 32.1 Å². The van der Waals surface area contributed by atoms with Crippen molar-refractivity contribution in [1.82, 2.24) is 0 Å². The van der Waals surface area contributed by atoms with Crippen molar-refractivity contribution in [3.63, 3.8) is 0 Å². The highest BCUT2D eigenvalue weighted by atomic mass is 16.5. The van der Waals surface area contributed by atoms with Crippen LogP contribution in [0.4, 0.5) is 0 Å². The van der Waals surface area contributed by atoms with Crippen molar-refractivity contribution in [2.24, 2.45) is 29.6 Å². The summed E-state index contributed by atoms with van der Waals surface area (Å²) in [4.78, 5) is 52.2. The maximum absolute atomic E-state index is 14.1. The van der Waals surface area contributed by atoms with Crippen molar-refractivity contribution in [3.05, 3.63) is 70.3 Å². The Labute approximate surface area is 232 Å². The number of fused-ring (bicyclic) bond motifs is 1. The Bertz CT molecular complexity index is 1330. The first-order valence-corrected chi connectivity index (χ1v) is 14.1. The lowest BCUT2D eigenvalue weighted by molar-refractivity contribution is -0.135. The minimum atomic E-state index is -0.645. The number of benzene rings is 2. The average molecular weight is 529 g/mol. The SMILES string of the molecule is COc1cc2c(cc1C(=O)C1CC(C)C(Cc3ccc(C)cc3)C[C@H]1C)C(C(=O)C(=O)C(C)C)=CC2C(C)=O. The summed E-state index contributed by atoms with van der Waals surface area (Å²) in [6, 6.07) is 12.1. The van der Waals surface area contributed by atoms with Gasteiger partial charge >= 0.3 is 0 Å². The second-order valence-corrected chi connectivity index (χ2v) is 12.0. The molecule has 0 spiro atoms. The zero-order valence-electron chi connectivity index (χ0n) is 24.2. The van der Waals surface area contributed by atoms with E-state index >= 15 is 0 Å². The van der Waals surface area contributed by atoms with Crippen LogP contribution in [0.15, 0.2) is 42.5 Å². The molecule has 2 aliphatic rings. The molecule has 2 aliphatic carbocycles. The van der Waals surface area contributed by atoms with E-state index in [0.29, 0.717) is 34.3 Å². The summed E-state index contributed by atoms with van der Waals surface area (Å²) in [7, 11) is 1.52. The normalized spacial score (nSPS) is 24.2. The van der Waals surface area contributed by atoms with E-state index < -0.39 is 23.4 Å². The molecule has 0 bridgehead atoms. The molecule has 206 valence electrons. The zero-order valence-corrected chi connectivity index (χ0v) is 24.2. The van der Waals surface area contributed by atoms with E-state index in [-0.39, 0.29) is 29.0 Å². The number of hydrogen-bond acceptors (Lipinski definition) is 5. The molecule has 0 saturated heterocycles. The largest absolute Gasteiger partial charge is 0.496 e. The predicted molar refractivity (Wildman–Crippen MR) is 153 cm³/mol. The van der Waals surface area contributed by atoms with Gasteiger partial charge in [0.25, 0.3) is 0 Å². The molecule has 5 nitrogen and oxygen atoms in total. The first-order valence-electron chi connectivity index (χ1n) is 14.1. The van der Waals surface area contributed by atoms with Gasteiger partial charge in [-0.25, -0.2) is 0 Å². The number of aryl methyl sites for hydroxylation is 1. The number of carbonyl (C=O) groups excluding carboxylic acids is 4. The number of allylic oxidation sites excluding steroid dienone is 2. The van der Waals surface area contributed by atoms with Gasteiger partial charge in [-0.1, -0.05) is 63.6 Å². The second kappa shape index (κ2) is 11.4. The van der Waals surface area contributed by atoms with Gasteiger partial charge in [-0.05, 0) is 79.7 Å². The maximum Gasteiger partial charge on any atom is 0.229 e. The number of methoxy groups -OCH3 is 1. The van der Waals surface area contributed by atoms with Gasteiger partial charge in [-0.15, -0.1) is 0 Å².